The van der Waals surface area contributed by atoms with Gasteiger partial charge in [-0.15, -0.1) is 0 Å². The Kier molecular flexibility index (Phi) is 33.6. The zero-order valence-electron chi connectivity index (χ0n) is 31.8. The van der Waals surface area contributed by atoms with Crippen LogP contribution < -0.4 is 0 Å². The van der Waals surface area contributed by atoms with Crippen molar-refractivity contribution in [2.45, 2.75) is 194 Å². The molecule has 1 aliphatic heterocycles. The number of ether oxygens (including phenoxy) is 2. The van der Waals surface area contributed by atoms with Crippen LogP contribution in [0.25, 0.3) is 0 Å². The summed E-state index contributed by atoms with van der Waals surface area (Å²) in [4.78, 5) is 2.47. The zero-order valence-corrected chi connectivity index (χ0v) is 31.8. The van der Waals surface area contributed by atoms with Crippen LogP contribution in [0.1, 0.15) is 194 Å². The van der Waals surface area contributed by atoms with Crippen LogP contribution in [0.4, 0.5) is 0 Å². The number of unbranched alkanes of at least 4 members (excludes halogenated alkanes) is 24. The molecule has 0 saturated carbocycles. The molecule has 2 atom stereocenters. The van der Waals surface area contributed by atoms with Crippen molar-refractivity contribution < 1.29 is 9.47 Å². The third kappa shape index (κ3) is 29.5. The summed E-state index contributed by atoms with van der Waals surface area (Å²) >= 11 is 0. The van der Waals surface area contributed by atoms with Crippen molar-refractivity contribution in [3.05, 3.63) is 24.3 Å². The number of rotatable bonds is 36. The van der Waals surface area contributed by atoms with Gasteiger partial charge in [0.2, 0.25) is 0 Å². The average Bonchev–Trinajstić information content (AvgIpc) is 3.42. The van der Waals surface area contributed by atoms with Gasteiger partial charge in [0, 0.05) is 38.1 Å². The molecule has 3 heteroatoms. The first kappa shape index (κ1) is 43.4. The molecule has 0 aromatic rings. The molecule has 0 aromatic carbocycles. The molecule has 1 unspecified atom stereocenters. The Balaban J connectivity index is 1.86. The fraction of sp³-hybridized carbons (Fsp3) is 0.907. The van der Waals surface area contributed by atoms with Crippen molar-refractivity contribution >= 4 is 0 Å². The summed E-state index contributed by atoms with van der Waals surface area (Å²) in [6.45, 7) is 10.6. The van der Waals surface area contributed by atoms with E-state index in [1.807, 2.05) is 0 Å². The van der Waals surface area contributed by atoms with E-state index in [1.54, 1.807) is 0 Å². The molecule has 272 valence electrons. The minimum atomic E-state index is 0.638. The second-order valence-corrected chi connectivity index (χ2v) is 14.8. The van der Waals surface area contributed by atoms with Crippen molar-refractivity contribution in [3.63, 3.8) is 0 Å². The van der Waals surface area contributed by atoms with Gasteiger partial charge in [-0.2, -0.15) is 0 Å². The lowest BCUT2D eigenvalue weighted by atomic mass is 9.98. The molecule has 0 spiro atoms. The Hall–Kier alpha value is -0.640. The maximum absolute atomic E-state index is 6.16. The largest absolute Gasteiger partial charge is 0.381 e. The van der Waals surface area contributed by atoms with Crippen LogP contribution >= 0.6 is 0 Å². The lowest BCUT2D eigenvalue weighted by Crippen LogP contribution is -2.23. The van der Waals surface area contributed by atoms with E-state index in [0.29, 0.717) is 11.8 Å². The SMILES string of the molecule is CCCCCCCC/C=C\CCCCCCCCOCC1CN(C)C[C@H]1COCCCCCCCC/C=C\CCCCCCCC. The Morgan fingerprint density at radius 2 is 0.696 bits per heavy atom. The van der Waals surface area contributed by atoms with Crippen molar-refractivity contribution in [1.29, 1.82) is 0 Å². The van der Waals surface area contributed by atoms with Gasteiger partial charge >= 0.3 is 0 Å². The Morgan fingerprint density at radius 3 is 1.02 bits per heavy atom. The molecule has 3 nitrogen and oxygen atoms in total. The van der Waals surface area contributed by atoms with E-state index in [0.717, 1.165) is 39.5 Å². The molecule has 46 heavy (non-hydrogen) atoms. The highest BCUT2D eigenvalue weighted by Crippen LogP contribution is 2.23. The smallest absolute Gasteiger partial charge is 0.0510 e. The maximum Gasteiger partial charge on any atom is 0.0510 e. The van der Waals surface area contributed by atoms with E-state index >= 15 is 0 Å². The molecular formula is C43H83NO2. The zero-order chi connectivity index (χ0) is 33.0. The highest BCUT2D eigenvalue weighted by atomic mass is 16.5. The van der Waals surface area contributed by atoms with Crippen LogP contribution in [0, 0.1) is 11.8 Å². The number of hydrogen-bond acceptors (Lipinski definition) is 3. The maximum atomic E-state index is 6.16. The summed E-state index contributed by atoms with van der Waals surface area (Å²) in [5, 5.41) is 0. The van der Waals surface area contributed by atoms with Crippen LogP contribution in [-0.4, -0.2) is 51.5 Å². The van der Waals surface area contributed by atoms with Crippen molar-refractivity contribution in [3.8, 4) is 0 Å². The Labute approximate surface area is 290 Å². The molecule has 1 fully saturated rings. The van der Waals surface area contributed by atoms with Gasteiger partial charge < -0.3 is 14.4 Å². The average molecular weight is 646 g/mol. The first-order valence-corrected chi connectivity index (χ1v) is 20.9. The highest BCUT2D eigenvalue weighted by Gasteiger charge is 2.30. The van der Waals surface area contributed by atoms with Crippen LogP contribution in [-0.2, 0) is 9.47 Å². The van der Waals surface area contributed by atoms with Crippen molar-refractivity contribution in [2.75, 3.05) is 46.6 Å². The number of likely N-dealkylation sites (tertiary alicyclic amines) is 1. The Morgan fingerprint density at radius 1 is 0.413 bits per heavy atom. The van der Waals surface area contributed by atoms with Crippen LogP contribution in [0.2, 0.25) is 0 Å². The third-order valence-corrected chi connectivity index (χ3v) is 10.0. The van der Waals surface area contributed by atoms with E-state index in [4.69, 9.17) is 9.47 Å². The normalized spacial score (nSPS) is 17.4. The van der Waals surface area contributed by atoms with Gasteiger partial charge in [0.25, 0.3) is 0 Å². The Bertz CT molecular complexity index is 593. The van der Waals surface area contributed by atoms with Gasteiger partial charge in [-0.3, -0.25) is 0 Å². The molecule has 1 saturated heterocycles. The van der Waals surface area contributed by atoms with Gasteiger partial charge in [-0.1, -0.05) is 154 Å². The van der Waals surface area contributed by atoms with Gasteiger partial charge in [0.15, 0.2) is 0 Å². The van der Waals surface area contributed by atoms with Crippen LogP contribution in [0.15, 0.2) is 24.3 Å². The minimum Gasteiger partial charge on any atom is -0.381 e. The lowest BCUT2D eigenvalue weighted by molar-refractivity contribution is 0.0482. The first-order valence-electron chi connectivity index (χ1n) is 20.9. The molecule has 0 aromatic heterocycles. The van der Waals surface area contributed by atoms with Crippen LogP contribution in [0.3, 0.4) is 0 Å². The van der Waals surface area contributed by atoms with Gasteiger partial charge in [-0.05, 0) is 71.3 Å². The van der Waals surface area contributed by atoms with Crippen LogP contribution in [0.5, 0.6) is 0 Å². The molecule has 0 N–H and O–H groups in total. The summed E-state index contributed by atoms with van der Waals surface area (Å²) < 4.78 is 12.3. The van der Waals surface area contributed by atoms with Crippen molar-refractivity contribution in [2.24, 2.45) is 11.8 Å². The van der Waals surface area contributed by atoms with E-state index < -0.39 is 0 Å². The van der Waals surface area contributed by atoms with Gasteiger partial charge in [0.1, 0.15) is 0 Å². The molecule has 0 aliphatic carbocycles. The van der Waals surface area contributed by atoms with E-state index in [9.17, 15) is 0 Å². The lowest BCUT2D eigenvalue weighted by Gasteiger charge is -2.18. The van der Waals surface area contributed by atoms with E-state index in [1.165, 1.54) is 180 Å². The van der Waals surface area contributed by atoms with E-state index in [-0.39, 0.29) is 0 Å². The summed E-state index contributed by atoms with van der Waals surface area (Å²) in [6, 6.07) is 0. The number of hydrogen-bond donors (Lipinski definition) is 0. The standard InChI is InChI=1S/C43H83NO2/c1-4-6-8-10-12-14-16-18-20-22-24-26-28-30-32-34-36-45-40-42-38-44(3)39-43(42)41-46-37-35-33-31-29-27-25-23-21-19-17-15-13-11-9-7-5-2/h18-21,42-43H,4-17,22-41H2,1-3H3/b20-18-,21-19-/t42-,43?/m0/s1. The highest BCUT2D eigenvalue weighted by molar-refractivity contribution is 4.83. The topological polar surface area (TPSA) is 21.7 Å². The predicted octanol–water partition coefficient (Wildman–Crippen LogP) is 13.3. The number of nitrogens with zero attached hydrogens (tertiary/aromatic N) is 1. The molecule has 1 heterocycles. The molecule has 0 radical (unpaired) electrons. The van der Waals surface area contributed by atoms with Gasteiger partial charge in [0.05, 0.1) is 13.2 Å². The fourth-order valence-corrected chi connectivity index (χ4v) is 6.92. The fourth-order valence-electron chi connectivity index (χ4n) is 6.92. The van der Waals surface area contributed by atoms with E-state index in [2.05, 4.69) is 50.1 Å². The molecule has 1 rings (SSSR count). The first-order chi connectivity index (χ1) is 22.8. The van der Waals surface area contributed by atoms with Crippen molar-refractivity contribution in [1.82, 2.24) is 4.90 Å². The summed E-state index contributed by atoms with van der Waals surface area (Å²) in [5.74, 6) is 1.28. The quantitative estimate of drug-likeness (QED) is 0.0500. The molecule has 0 bridgehead atoms. The second kappa shape index (κ2) is 35.7. The third-order valence-electron chi connectivity index (χ3n) is 10.0. The molecule has 0 amide bonds. The summed E-state index contributed by atoms with van der Waals surface area (Å²) in [5.41, 5.74) is 0. The predicted molar refractivity (Wildman–Crippen MR) is 205 cm³/mol. The summed E-state index contributed by atoms with van der Waals surface area (Å²) in [6.07, 6.45) is 47.7. The molecular weight excluding hydrogens is 562 g/mol. The second-order valence-electron chi connectivity index (χ2n) is 14.8. The number of allylic oxidation sites excluding steroid dienone is 4. The summed E-state index contributed by atoms with van der Waals surface area (Å²) in [7, 11) is 2.25. The monoisotopic (exact) mass is 646 g/mol. The molecule has 1 aliphatic rings. The minimum absolute atomic E-state index is 0.638. The van der Waals surface area contributed by atoms with Gasteiger partial charge in [-0.25, -0.2) is 0 Å².